The first-order valence-electron chi connectivity index (χ1n) is 15.2. The Bertz CT molecular complexity index is 1490. The predicted octanol–water partition coefficient (Wildman–Crippen LogP) is 8.66. The lowest BCUT2D eigenvalue weighted by atomic mass is 9.90. The number of esters is 2. The SMILES string of the molecule is COC(=O)c1ccc2c(-c3c(OC4CCCCC4)ccc4cc(C(=O)OC)ccc34)c(OC3CCCCC3)ccc2c1. The Hall–Kier alpha value is -4.06. The van der Waals surface area contributed by atoms with E-state index in [4.69, 9.17) is 18.9 Å². The maximum Gasteiger partial charge on any atom is 0.337 e. The maximum atomic E-state index is 12.4. The van der Waals surface area contributed by atoms with Crippen molar-refractivity contribution in [2.24, 2.45) is 0 Å². The first kappa shape index (κ1) is 28.1. The molecule has 218 valence electrons. The number of carbonyl (C=O) groups is 2. The predicted molar refractivity (Wildman–Crippen MR) is 165 cm³/mol. The Balaban J connectivity index is 1.59. The largest absolute Gasteiger partial charge is 0.490 e. The van der Waals surface area contributed by atoms with Gasteiger partial charge in [-0.15, -0.1) is 0 Å². The summed E-state index contributed by atoms with van der Waals surface area (Å²) >= 11 is 0. The van der Waals surface area contributed by atoms with Gasteiger partial charge in [-0.2, -0.15) is 0 Å². The molecule has 6 nitrogen and oxygen atoms in total. The molecule has 2 aliphatic carbocycles. The highest BCUT2D eigenvalue weighted by molar-refractivity contribution is 6.11. The molecule has 0 amide bonds. The molecular weight excluding hydrogens is 528 g/mol. The molecule has 0 heterocycles. The molecule has 0 aliphatic heterocycles. The molecule has 42 heavy (non-hydrogen) atoms. The summed E-state index contributed by atoms with van der Waals surface area (Å²) in [5.74, 6) is 0.863. The van der Waals surface area contributed by atoms with Crippen LogP contribution in [0.15, 0.2) is 60.7 Å². The summed E-state index contributed by atoms with van der Waals surface area (Å²) in [5, 5.41) is 3.76. The average Bonchev–Trinajstić information content (AvgIpc) is 3.04. The van der Waals surface area contributed by atoms with Crippen LogP contribution >= 0.6 is 0 Å². The Kier molecular flexibility index (Phi) is 8.31. The first-order valence-corrected chi connectivity index (χ1v) is 15.2. The number of carbonyl (C=O) groups excluding carboxylic acids is 2. The minimum Gasteiger partial charge on any atom is -0.490 e. The van der Waals surface area contributed by atoms with Gasteiger partial charge in [-0.1, -0.05) is 37.1 Å². The van der Waals surface area contributed by atoms with E-state index in [0.29, 0.717) is 11.1 Å². The Morgan fingerprint density at radius 3 is 1.33 bits per heavy atom. The van der Waals surface area contributed by atoms with E-state index in [9.17, 15) is 9.59 Å². The molecule has 0 aromatic heterocycles. The van der Waals surface area contributed by atoms with Crippen molar-refractivity contribution in [3.05, 3.63) is 71.8 Å². The third-order valence-corrected chi connectivity index (χ3v) is 8.75. The van der Waals surface area contributed by atoms with E-state index in [-0.39, 0.29) is 24.1 Å². The normalized spacial score (nSPS) is 16.3. The van der Waals surface area contributed by atoms with E-state index in [1.807, 2.05) is 60.7 Å². The van der Waals surface area contributed by atoms with Gasteiger partial charge >= 0.3 is 11.9 Å². The van der Waals surface area contributed by atoms with E-state index < -0.39 is 0 Å². The monoisotopic (exact) mass is 566 g/mol. The smallest absolute Gasteiger partial charge is 0.337 e. The number of methoxy groups -OCH3 is 2. The zero-order valence-corrected chi connectivity index (χ0v) is 24.4. The molecule has 4 aromatic carbocycles. The molecule has 0 bridgehead atoms. The highest BCUT2D eigenvalue weighted by atomic mass is 16.5. The molecule has 0 spiro atoms. The lowest BCUT2D eigenvalue weighted by Gasteiger charge is -2.28. The van der Waals surface area contributed by atoms with Gasteiger partial charge in [0.1, 0.15) is 11.5 Å². The zero-order chi connectivity index (χ0) is 29.1. The summed E-state index contributed by atoms with van der Waals surface area (Å²) in [6.45, 7) is 0. The van der Waals surface area contributed by atoms with Crippen LogP contribution in [0.1, 0.15) is 84.9 Å². The van der Waals surface area contributed by atoms with Gasteiger partial charge in [0.2, 0.25) is 0 Å². The third kappa shape index (κ3) is 5.67. The van der Waals surface area contributed by atoms with Gasteiger partial charge in [0.05, 0.1) is 37.6 Å². The quantitative estimate of drug-likeness (QED) is 0.209. The van der Waals surface area contributed by atoms with Crippen LogP contribution in [0, 0.1) is 0 Å². The molecule has 2 aliphatic rings. The Morgan fingerprint density at radius 1 is 0.548 bits per heavy atom. The molecule has 2 fully saturated rings. The summed E-state index contributed by atoms with van der Waals surface area (Å²) < 4.78 is 23.6. The van der Waals surface area contributed by atoms with Gasteiger partial charge in [-0.3, -0.25) is 0 Å². The fourth-order valence-electron chi connectivity index (χ4n) is 6.55. The lowest BCUT2D eigenvalue weighted by molar-refractivity contribution is 0.0592. The van der Waals surface area contributed by atoms with Gasteiger partial charge < -0.3 is 18.9 Å². The van der Waals surface area contributed by atoms with E-state index in [2.05, 4.69) is 0 Å². The third-order valence-electron chi connectivity index (χ3n) is 8.75. The maximum absolute atomic E-state index is 12.4. The second-order valence-corrected chi connectivity index (χ2v) is 11.5. The summed E-state index contributed by atoms with van der Waals surface area (Å²) in [6, 6.07) is 19.4. The molecular formula is C36H38O6. The minimum atomic E-state index is -0.372. The summed E-state index contributed by atoms with van der Waals surface area (Å²) in [5.41, 5.74) is 2.88. The summed E-state index contributed by atoms with van der Waals surface area (Å²) in [6.07, 6.45) is 11.5. The molecule has 0 N–H and O–H groups in total. The van der Waals surface area contributed by atoms with Crippen molar-refractivity contribution < 1.29 is 28.5 Å². The number of benzene rings is 4. The lowest BCUT2D eigenvalue weighted by Crippen LogP contribution is -2.21. The zero-order valence-electron chi connectivity index (χ0n) is 24.4. The van der Waals surface area contributed by atoms with Crippen LogP contribution in [0.3, 0.4) is 0 Å². The Labute approximate surface area is 246 Å². The van der Waals surface area contributed by atoms with Crippen LogP contribution in [0.5, 0.6) is 11.5 Å². The molecule has 2 saturated carbocycles. The van der Waals surface area contributed by atoms with Crippen LogP contribution in [0.4, 0.5) is 0 Å². The van der Waals surface area contributed by atoms with Crippen molar-refractivity contribution >= 4 is 33.5 Å². The van der Waals surface area contributed by atoms with Crippen LogP contribution in [-0.2, 0) is 9.47 Å². The molecule has 6 rings (SSSR count). The summed E-state index contributed by atoms with van der Waals surface area (Å²) in [4.78, 5) is 24.8. The van der Waals surface area contributed by atoms with E-state index >= 15 is 0 Å². The van der Waals surface area contributed by atoms with E-state index in [1.165, 1.54) is 27.1 Å². The van der Waals surface area contributed by atoms with Crippen LogP contribution in [0.25, 0.3) is 32.7 Å². The Morgan fingerprint density at radius 2 is 0.952 bits per heavy atom. The van der Waals surface area contributed by atoms with E-state index in [0.717, 1.165) is 95.5 Å². The highest BCUT2D eigenvalue weighted by Crippen LogP contribution is 2.47. The number of rotatable bonds is 7. The van der Waals surface area contributed by atoms with Crippen LogP contribution < -0.4 is 9.47 Å². The van der Waals surface area contributed by atoms with Crippen LogP contribution in [-0.4, -0.2) is 38.4 Å². The van der Waals surface area contributed by atoms with Crippen LogP contribution in [0.2, 0.25) is 0 Å². The molecule has 4 aromatic rings. The molecule has 0 saturated heterocycles. The van der Waals surface area contributed by atoms with Gasteiger partial charge in [-0.25, -0.2) is 9.59 Å². The van der Waals surface area contributed by atoms with Crippen molar-refractivity contribution in [3.8, 4) is 22.6 Å². The summed E-state index contributed by atoms with van der Waals surface area (Å²) in [7, 11) is 2.79. The fraction of sp³-hybridized carbons (Fsp3) is 0.389. The van der Waals surface area contributed by atoms with Crippen molar-refractivity contribution in [3.63, 3.8) is 0 Å². The average molecular weight is 567 g/mol. The van der Waals surface area contributed by atoms with Gasteiger partial charge in [0, 0.05) is 11.1 Å². The van der Waals surface area contributed by atoms with Crippen molar-refractivity contribution in [1.29, 1.82) is 0 Å². The van der Waals surface area contributed by atoms with Crippen molar-refractivity contribution in [2.75, 3.05) is 14.2 Å². The van der Waals surface area contributed by atoms with E-state index in [1.54, 1.807) is 0 Å². The highest BCUT2D eigenvalue weighted by Gasteiger charge is 2.25. The molecule has 0 atom stereocenters. The number of hydrogen-bond donors (Lipinski definition) is 0. The molecule has 6 heteroatoms. The second-order valence-electron chi connectivity index (χ2n) is 11.5. The first-order chi connectivity index (χ1) is 20.6. The second kappa shape index (κ2) is 12.4. The minimum absolute atomic E-state index is 0.146. The van der Waals surface area contributed by atoms with Crippen molar-refractivity contribution in [2.45, 2.75) is 76.4 Å². The van der Waals surface area contributed by atoms with Gasteiger partial charge in [0.15, 0.2) is 0 Å². The molecule has 0 radical (unpaired) electrons. The fourth-order valence-corrected chi connectivity index (χ4v) is 6.55. The number of ether oxygens (including phenoxy) is 4. The van der Waals surface area contributed by atoms with Gasteiger partial charge in [0.25, 0.3) is 0 Å². The van der Waals surface area contributed by atoms with Gasteiger partial charge in [-0.05, 0) is 109 Å². The number of hydrogen-bond acceptors (Lipinski definition) is 6. The number of fused-ring (bicyclic) bond motifs is 2. The topological polar surface area (TPSA) is 71.1 Å². The van der Waals surface area contributed by atoms with Crippen molar-refractivity contribution in [1.82, 2.24) is 0 Å². The standard InChI is InChI=1S/C36H38O6/c1-39-35(37)25-13-17-29-23(21-25)15-19-31(41-27-9-5-3-6-10-27)33(29)34-30-18-14-26(36(38)40-2)22-24(30)16-20-32(34)42-28-11-7-4-8-12-28/h13-22,27-28H,3-12H2,1-2H3. The molecule has 0 unspecified atom stereocenters.